The van der Waals surface area contributed by atoms with Crippen LogP contribution >= 0.6 is 0 Å². The smallest absolute Gasteiger partial charge is 0.427 e. The molecule has 0 aromatic rings. The summed E-state index contributed by atoms with van der Waals surface area (Å²) in [7, 11) is -7.82. The minimum atomic E-state index is -3.97. The van der Waals surface area contributed by atoms with Gasteiger partial charge in [0.05, 0.1) is 0 Å². The van der Waals surface area contributed by atoms with Gasteiger partial charge in [0.2, 0.25) is 0 Å². The van der Waals surface area contributed by atoms with Gasteiger partial charge in [0, 0.05) is 12.0 Å². The van der Waals surface area contributed by atoms with Crippen molar-refractivity contribution in [1.82, 2.24) is 17.0 Å². The van der Waals surface area contributed by atoms with Crippen molar-refractivity contribution in [3.63, 3.8) is 0 Å². The molecule has 0 saturated heterocycles. The first-order valence-corrected chi connectivity index (χ1v) is 7.60. The van der Waals surface area contributed by atoms with E-state index in [4.69, 9.17) is 0 Å². The summed E-state index contributed by atoms with van der Waals surface area (Å²) in [5.74, 6) is -1.36. The molecule has 0 unspecified atom stereocenters. The number of nitrogens with zero attached hydrogens (tertiary/aromatic N) is 1. The van der Waals surface area contributed by atoms with E-state index in [-0.39, 0.29) is 23.8 Å². The number of rotatable bonds is 0. The monoisotopic (exact) mass is 360 g/mol. The van der Waals surface area contributed by atoms with Crippen LogP contribution in [0.15, 0.2) is 28.1 Å². The van der Waals surface area contributed by atoms with Gasteiger partial charge in [-0.1, -0.05) is 0 Å². The number of amides is 1. The van der Waals surface area contributed by atoms with Gasteiger partial charge < -0.3 is 25.8 Å². The third-order valence-electron chi connectivity index (χ3n) is 1.57. The number of quaternary nitrogens is 1. The molecule has 1 amide bonds. The SMILES string of the molecule is CC1=CC(=O)NS(=O)(=O)O1.CC1=CC([O-])=NS(=O)(=O)O1.N.[NH4+]. The highest BCUT2D eigenvalue weighted by Crippen LogP contribution is 2.09. The first kappa shape index (κ1) is 22.1. The zero-order chi connectivity index (χ0) is 15.6. The molecular formula is C8H16N4O8S2. The fourth-order valence-corrected chi connectivity index (χ4v) is 2.51. The molecule has 0 aromatic carbocycles. The molecule has 0 atom stereocenters. The van der Waals surface area contributed by atoms with Gasteiger partial charge in [-0.15, -0.1) is 4.40 Å². The molecular weight excluding hydrogens is 344 g/mol. The van der Waals surface area contributed by atoms with E-state index in [1.165, 1.54) is 13.8 Å². The molecule has 0 bridgehead atoms. The summed E-state index contributed by atoms with van der Waals surface area (Å²) < 4.78 is 54.6. The van der Waals surface area contributed by atoms with Crippen LogP contribution in [0.2, 0.25) is 0 Å². The van der Waals surface area contributed by atoms with Gasteiger partial charge in [-0.2, -0.15) is 16.8 Å². The molecule has 0 radical (unpaired) electrons. The van der Waals surface area contributed by atoms with Gasteiger partial charge in [0.1, 0.15) is 11.5 Å². The standard InChI is InChI=1S/2C4H5NO4S.2H3N/c2*1-3-2-4(6)5-10(7,8)9-3;;/h2*2H,1H3,(H,5,6);2*1H3. The fourth-order valence-electron chi connectivity index (χ4n) is 1.07. The van der Waals surface area contributed by atoms with E-state index < -0.39 is 32.4 Å². The molecule has 2 aliphatic rings. The van der Waals surface area contributed by atoms with Crippen molar-refractivity contribution in [3.8, 4) is 0 Å². The van der Waals surface area contributed by atoms with Gasteiger partial charge >= 0.3 is 20.6 Å². The van der Waals surface area contributed by atoms with Crippen molar-refractivity contribution in [2.75, 3.05) is 0 Å². The molecule has 0 aliphatic carbocycles. The first-order valence-electron chi connectivity index (χ1n) is 4.83. The summed E-state index contributed by atoms with van der Waals surface area (Å²) in [6, 6.07) is 0. The Labute approximate surface area is 127 Å². The van der Waals surface area contributed by atoms with E-state index in [1.807, 2.05) is 0 Å². The van der Waals surface area contributed by atoms with Gasteiger partial charge in [0.15, 0.2) is 0 Å². The molecule has 2 aliphatic heterocycles. The maximum absolute atomic E-state index is 10.5. The lowest BCUT2D eigenvalue weighted by molar-refractivity contribution is -0.211. The minimum Gasteiger partial charge on any atom is -0.858 e. The predicted octanol–water partition coefficient (Wildman–Crippen LogP) is -1.26. The van der Waals surface area contributed by atoms with Crippen LogP contribution in [-0.2, 0) is 33.8 Å². The summed E-state index contributed by atoms with van der Waals surface area (Å²) in [4.78, 5) is 10.4. The largest absolute Gasteiger partial charge is 0.858 e. The Bertz CT molecular complexity index is 713. The van der Waals surface area contributed by atoms with E-state index in [0.29, 0.717) is 0 Å². The molecule has 8 N–H and O–H groups in total. The Balaban J connectivity index is 0. The van der Waals surface area contributed by atoms with E-state index in [2.05, 4.69) is 12.8 Å². The van der Waals surface area contributed by atoms with E-state index in [0.717, 1.165) is 12.2 Å². The summed E-state index contributed by atoms with van der Waals surface area (Å²) >= 11 is 0. The van der Waals surface area contributed by atoms with Crippen LogP contribution in [0, 0.1) is 0 Å². The zero-order valence-electron chi connectivity index (χ0n) is 11.9. The Hall–Kier alpha value is -2.16. The number of allylic oxidation sites excluding steroid dienone is 2. The molecule has 0 spiro atoms. The number of hydrogen-bond donors (Lipinski definition) is 3. The van der Waals surface area contributed by atoms with Crippen molar-refractivity contribution < 1.29 is 35.1 Å². The average Bonchev–Trinajstić information content (AvgIpc) is 2.08. The van der Waals surface area contributed by atoms with Crippen LogP contribution in [0.1, 0.15) is 13.8 Å². The summed E-state index contributed by atoms with van der Waals surface area (Å²) in [6.07, 6.45) is 2.06. The average molecular weight is 360 g/mol. The Morgan fingerprint density at radius 1 is 1.09 bits per heavy atom. The third-order valence-corrected chi connectivity index (χ3v) is 3.38. The van der Waals surface area contributed by atoms with Crippen molar-refractivity contribution in [2.24, 2.45) is 4.40 Å². The molecule has 2 heterocycles. The summed E-state index contributed by atoms with van der Waals surface area (Å²) in [6.45, 7) is 2.75. The van der Waals surface area contributed by atoms with Crippen LogP contribution in [0.5, 0.6) is 0 Å². The lowest BCUT2D eigenvalue weighted by Crippen LogP contribution is -2.34. The van der Waals surface area contributed by atoms with Crippen LogP contribution in [0.4, 0.5) is 0 Å². The van der Waals surface area contributed by atoms with Gasteiger partial charge in [-0.05, 0) is 19.9 Å². The van der Waals surface area contributed by atoms with Crippen molar-refractivity contribution in [2.45, 2.75) is 13.8 Å². The Morgan fingerprint density at radius 3 is 1.95 bits per heavy atom. The van der Waals surface area contributed by atoms with Crippen molar-refractivity contribution >= 4 is 32.4 Å². The quantitative estimate of drug-likeness (QED) is 0.468. The zero-order valence-corrected chi connectivity index (χ0v) is 13.5. The number of carbonyl (C=O) groups excluding carboxylic acids is 1. The van der Waals surface area contributed by atoms with Crippen molar-refractivity contribution in [3.05, 3.63) is 23.7 Å². The molecule has 0 fully saturated rings. The maximum atomic E-state index is 10.5. The Kier molecular flexibility index (Phi) is 7.78. The fraction of sp³-hybridized carbons (Fsp3) is 0.250. The number of carbonyl (C=O) groups is 1. The van der Waals surface area contributed by atoms with Gasteiger partial charge in [-0.25, -0.2) is 4.72 Å². The highest BCUT2D eigenvalue weighted by molar-refractivity contribution is 7.85. The second-order valence-electron chi connectivity index (χ2n) is 3.45. The van der Waals surface area contributed by atoms with Crippen molar-refractivity contribution in [1.29, 1.82) is 0 Å². The highest BCUT2D eigenvalue weighted by atomic mass is 32.2. The maximum Gasteiger partial charge on any atom is 0.427 e. The van der Waals surface area contributed by atoms with E-state index in [1.54, 1.807) is 4.72 Å². The minimum absolute atomic E-state index is 0. The molecule has 0 aromatic heterocycles. The van der Waals surface area contributed by atoms with Crippen LogP contribution in [0.3, 0.4) is 0 Å². The lowest BCUT2D eigenvalue weighted by Gasteiger charge is -2.12. The summed E-state index contributed by atoms with van der Waals surface area (Å²) in [5, 5.41) is 10.4. The van der Waals surface area contributed by atoms with Crippen LogP contribution in [-0.4, -0.2) is 28.6 Å². The molecule has 128 valence electrons. The second-order valence-corrected chi connectivity index (χ2v) is 5.94. The number of nitrogens with one attached hydrogen (secondary N) is 1. The van der Waals surface area contributed by atoms with Gasteiger partial charge in [0.25, 0.3) is 5.91 Å². The molecule has 2 rings (SSSR count). The third kappa shape index (κ3) is 7.58. The Morgan fingerprint density at radius 2 is 1.59 bits per heavy atom. The highest BCUT2D eigenvalue weighted by Gasteiger charge is 2.20. The lowest BCUT2D eigenvalue weighted by atomic mass is 10.5. The topological polar surface area (TPSA) is 223 Å². The molecule has 0 saturated carbocycles. The first-order chi connectivity index (χ1) is 8.99. The van der Waals surface area contributed by atoms with E-state index in [9.17, 15) is 26.7 Å². The molecule has 12 nitrogen and oxygen atoms in total. The number of hydrogen-bond acceptors (Lipinski definition) is 9. The van der Waals surface area contributed by atoms with Gasteiger partial charge in [-0.3, -0.25) is 4.79 Å². The molecule has 22 heavy (non-hydrogen) atoms. The van der Waals surface area contributed by atoms with Crippen LogP contribution in [0.25, 0.3) is 0 Å². The van der Waals surface area contributed by atoms with E-state index >= 15 is 0 Å². The van der Waals surface area contributed by atoms with Crippen LogP contribution < -0.4 is 22.1 Å². The predicted molar refractivity (Wildman–Crippen MR) is 74.1 cm³/mol. The second kappa shape index (κ2) is 7.74. The molecule has 14 heteroatoms. The normalized spacial score (nSPS) is 20.5. The summed E-state index contributed by atoms with van der Waals surface area (Å²) in [5.41, 5.74) is 0.